The molecule has 0 amide bonds. The third-order valence-corrected chi connectivity index (χ3v) is 5.87. The van der Waals surface area contributed by atoms with Crippen molar-refractivity contribution in [3.8, 4) is 0 Å². The number of nitrogens with one attached hydrogen (secondary N) is 2. The topological polar surface area (TPSA) is 61.4 Å². The van der Waals surface area contributed by atoms with E-state index in [4.69, 9.17) is 0 Å². The second-order valence-corrected chi connectivity index (χ2v) is 6.77. The van der Waals surface area contributed by atoms with Crippen LogP contribution in [0.5, 0.6) is 0 Å². The smallest absolute Gasteiger partial charge is 0.251 e. The molecule has 0 aromatic heterocycles. The van der Waals surface area contributed by atoms with Crippen molar-refractivity contribution in [2.75, 3.05) is 19.6 Å². The average molecular weight is 243 g/mol. The fourth-order valence-electron chi connectivity index (χ4n) is 2.78. The molecular formula is C10H17N3O2S. The standard InChI is InChI=1S/C10H17N3O2S/c14-16(15,9-3-1-2-4-9)13-10-7-11-5-8(10)6-12-13/h9,11-12H,1-7H2. The fourth-order valence-corrected chi connectivity index (χ4v) is 4.75. The van der Waals surface area contributed by atoms with Crippen LogP contribution in [0, 0.1) is 0 Å². The summed E-state index contributed by atoms with van der Waals surface area (Å²) < 4.78 is 26.2. The van der Waals surface area contributed by atoms with E-state index in [1.165, 1.54) is 9.99 Å². The lowest BCUT2D eigenvalue weighted by atomic mass is 10.3. The molecule has 0 unspecified atom stereocenters. The summed E-state index contributed by atoms with van der Waals surface area (Å²) in [6.07, 6.45) is 3.72. The monoisotopic (exact) mass is 243 g/mol. The molecule has 3 rings (SSSR count). The van der Waals surface area contributed by atoms with Gasteiger partial charge in [0.1, 0.15) is 0 Å². The van der Waals surface area contributed by atoms with Crippen molar-refractivity contribution >= 4 is 10.0 Å². The van der Waals surface area contributed by atoms with Gasteiger partial charge in [-0.05, 0) is 18.4 Å². The number of hydrogen-bond acceptors (Lipinski definition) is 4. The van der Waals surface area contributed by atoms with Crippen molar-refractivity contribution in [1.82, 2.24) is 15.2 Å². The average Bonchev–Trinajstić information content (AvgIpc) is 2.95. The van der Waals surface area contributed by atoms with Crippen molar-refractivity contribution < 1.29 is 8.42 Å². The number of nitrogens with zero attached hydrogens (tertiary/aromatic N) is 1. The van der Waals surface area contributed by atoms with E-state index in [0.29, 0.717) is 13.1 Å². The van der Waals surface area contributed by atoms with Crippen LogP contribution in [0.2, 0.25) is 0 Å². The molecule has 2 N–H and O–H groups in total. The van der Waals surface area contributed by atoms with E-state index in [9.17, 15) is 8.42 Å². The van der Waals surface area contributed by atoms with Crippen LogP contribution in [0.25, 0.3) is 0 Å². The molecule has 0 saturated heterocycles. The number of sulfonamides is 1. The van der Waals surface area contributed by atoms with E-state index < -0.39 is 10.0 Å². The van der Waals surface area contributed by atoms with Crippen LogP contribution in [-0.4, -0.2) is 37.7 Å². The molecule has 5 nitrogen and oxygen atoms in total. The van der Waals surface area contributed by atoms with Gasteiger partial charge in [-0.15, -0.1) is 0 Å². The van der Waals surface area contributed by atoms with Crippen molar-refractivity contribution in [2.24, 2.45) is 0 Å². The summed E-state index contributed by atoms with van der Waals surface area (Å²) in [6, 6.07) is 0. The zero-order chi connectivity index (χ0) is 11.2. The fraction of sp³-hybridized carbons (Fsp3) is 0.800. The van der Waals surface area contributed by atoms with Crippen LogP contribution in [0.15, 0.2) is 11.3 Å². The summed E-state index contributed by atoms with van der Waals surface area (Å²) in [6.45, 7) is 2.17. The van der Waals surface area contributed by atoms with E-state index in [1.54, 1.807) is 0 Å². The van der Waals surface area contributed by atoms with E-state index in [1.807, 2.05) is 0 Å². The van der Waals surface area contributed by atoms with E-state index in [-0.39, 0.29) is 5.25 Å². The van der Waals surface area contributed by atoms with Gasteiger partial charge in [0.15, 0.2) is 0 Å². The Morgan fingerprint density at radius 1 is 1.12 bits per heavy atom. The highest BCUT2D eigenvalue weighted by Crippen LogP contribution is 2.31. The van der Waals surface area contributed by atoms with E-state index in [0.717, 1.165) is 37.9 Å². The minimum atomic E-state index is -3.17. The highest BCUT2D eigenvalue weighted by Gasteiger charge is 2.39. The lowest BCUT2D eigenvalue weighted by Gasteiger charge is -2.24. The van der Waals surface area contributed by atoms with E-state index >= 15 is 0 Å². The summed E-state index contributed by atoms with van der Waals surface area (Å²) in [5.74, 6) is 0. The first-order valence-electron chi connectivity index (χ1n) is 5.89. The molecule has 2 heterocycles. The van der Waals surface area contributed by atoms with Crippen molar-refractivity contribution in [2.45, 2.75) is 30.9 Å². The lowest BCUT2D eigenvalue weighted by molar-refractivity contribution is 0.402. The van der Waals surface area contributed by atoms with Crippen LogP contribution in [-0.2, 0) is 10.0 Å². The molecule has 0 atom stereocenters. The van der Waals surface area contributed by atoms with E-state index in [2.05, 4.69) is 10.7 Å². The summed E-state index contributed by atoms with van der Waals surface area (Å²) >= 11 is 0. The van der Waals surface area contributed by atoms with Gasteiger partial charge in [0, 0.05) is 19.6 Å². The highest BCUT2D eigenvalue weighted by molar-refractivity contribution is 7.89. The number of hydrazine groups is 1. The Kier molecular flexibility index (Phi) is 2.45. The Morgan fingerprint density at radius 3 is 2.62 bits per heavy atom. The molecule has 16 heavy (non-hydrogen) atoms. The molecule has 90 valence electrons. The minimum absolute atomic E-state index is 0.174. The van der Waals surface area contributed by atoms with Crippen LogP contribution in [0.3, 0.4) is 0 Å². The quantitative estimate of drug-likeness (QED) is 0.713. The van der Waals surface area contributed by atoms with Gasteiger partial charge in [-0.25, -0.2) is 18.3 Å². The third kappa shape index (κ3) is 1.48. The van der Waals surface area contributed by atoms with Crippen molar-refractivity contribution in [3.63, 3.8) is 0 Å². The first-order valence-corrected chi connectivity index (χ1v) is 7.39. The van der Waals surface area contributed by atoms with Gasteiger partial charge in [-0.1, -0.05) is 12.8 Å². The maximum atomic E-state index is 12.4. The van der Waals surface area contributed by atoms with Gasteiger partial charge in [0.2, 0.25) is 0 Å². The number of rotatable bonds is 2. The summed E-state index contributed by atoms with van der Waals surface area (Å²) in [5, 5.41) is 3.02. The molecule has 2 aliphatic heterocycles. The molecule has 3 aliphatic rings. The SMILES string of the molecule is O=S(=O)(C1CCCC1)N1NCC2=C1CNC2. The maximum absolute atomic E-state index is 12.4. The molecule has 0 spiro atoms. The normalized spacial score (nSPS) is 26.9. The molecule has 0 aromatic carbocycles. The minimum Gasteiger partial charge on any atom is -0.307 e. The summed E-state index contributed by atoms with van der Waals surface area (Å²) in [4.78, 5) is 0. The predicted octanol–water partition coefficient (Wildman–Crippen LogP) is -0.0637. The molecule has 0 bridgehead atoms. The summed E-state index contributed by atoms with van der Waals surface area (Å²) in [5.41, 5.74) is 5.14. The van der Waals surface area contributed by atoms with Gasteiger partial charge >= 0.3 is 0 Å². The van der Waals surface area contributed by atoms with Crippen LogP contribution >= 0.6 is 0 Å². The maximum Gasteiger partial charge on any atom is 0.251 e. The largest absolute Gasteiger partial charge is 0.307 e. The Morgan fingerprint density at radius 2 is 1.88 bits per heavy atom. The molecular weight excluding hydrogens is 226 g/mol. The predicted molar refractivity (Wildman–Crippen MR) is 60.9 cm³/mol. The molecule has 0 radical (unpaired) electrons. The number of hydrogen-bond donors (Lipinski definition) is 2. The first-order chi connectivity index (χ1) is 7.69. The zero-order valence-electron chi connectivity index (χ0n) is 9.20. The Hall–Kier alpha value is -0.590. The Balaban J connectivity index is 1.87. The molecule has 1 fully saturated rings. The van der Waals surface area contributed by atoms with Gasteiger partial charge in [0.05, 0.1) is 10.9 Å². The van der Waals surface area contributed by atoms with Crippen LogP contribution in [0.1, 0.15) is 25.7 Å². The molecule has 6 heteroatoms. The Bertz CT molecular complexity index is 423. The second-order valence-electron chi connectivity index (χ2n) is 4.70. The third-order valence-electron chi connectivity index (χ3n) is 3.70. The van der Waals surface area contributed by atoms with Gasteiger partial charge in [0.25, 0.3) is 10.0 Å². The van der Waals surface area contributed by atoms with Crippen LogP contribution in [0.4, 0.5) is 0 Å². The first kappa shape index (κ1) is 10.6. The lowest BCUT2D eigenvalue weighted by Crippen LogP contribution is -2.44. The second kappa shape index (κ2) is 3.72. The molecule has 1 saturated carbocycles. The van der Waals surface area contributed by atoms with Crippen molar-refractivity contribution in [1.29, 1.82) is 0 Å². The molecule has 0 aromatic rings. The molecule has 1 aliphatic carbocycles. The zero-order valence-corrected chi connectivity index (χ0v) is 10.0. The van der Waals surface area contributed by atoms with Crippen LogP contribution < -0.4 is 10.7 Å². The summed E-state index contributed by atoms with van der Waals surface area (Å²) in [7, 11) is -3.17. The highest BCUT2D eigenvalue weighted by atomic mass is 32.2. The van der Waals surface area contributed by atoms with Gasteiger partial charge < -0.3 is 5.32 Å². The van der Waals surface area contributed by atoms with Gasteiger partial charge in [-0.3, -0.25) is 0 Å². The Labute approximate surface area is 95.9 Å². The van der Waals surface area contributed by atoms with Crippen molar-refractivity contribution in [3.05, 3.63) is 11.3 Å². The van der Waals surface area contributed by atoms with Gasteiger partial charge in [-0.2, -0.15) is 0 Å².